The molecule has 0 aliphatic carbocycles. The van der Waals surface area contributed by atoms with E-state index < -0.39 is 11.6 Å². The van der Waals surface area contributed by atoms with Crippen LogP contribution in [0, 0.1) is 17.0 Å². The molecule has 2 N–H and O–H groups in total. The number of aryl methyl sites for hydroxylation is 1. The summed E-state index contributed by atoms with van der Waals surface area (Å²) in [6.45, 7) is 9.56. The number of fused-ring (bicyclic) bond motifs is 3. The van der Waals surface area contributed by atoms with Gasteiger partial charge >= 0.3 is 0 Å². The van der Waals surface area contributed by atoms with Gasteiger partial charge in [0.2, 0.25) is 5.95 Å². The van der Waals surface area contributed by atoms with Crippen molar-refractivity contribution in [2.75, 3.05) is 31.5 Å². The molecule has 37 heavy (non-hydrogen) atoms. The summed E-state index contributed by atoms with van der Waals surface area (Å²) in [7, 11) is 0. The third-order valence-corrected chi connectivity index (χ3v) is 7.96. The van der Waals surface area contributed by atoms with Gasteiger partial charge in [0, 0.05) is 61.9 Å². The molecule has 6 heterocycles. The summed E-state index contributed by atoms with van der Waals surface area (Å²) in [5, 5.41) is 6.40. The number of halogens is 2. The van der Waals surface area contributed by atoms with Crippen LogP contribution in [0.2, 0.25) is 0 Å². The number of aromatic nitrogens is 5. The molecule has 3 aliphatic heterocycles. The maximum Gasteiger partial charge on any atom is 0.229 e. The summed E-state index contributed by atoms with van der Waals surface area (Å²) in [5.74, 6) is 0.489. The van der Waals surface area contributed by atoms with E-state index >= 15 is 4.39 Å². The molecule has 0 amide bonds. The Bertz CT molecular complexity index is 1520. The van der Waals surface area contributed by atoms with Crippen LogP contribution in [0.25, 0.3) is 22.3 Å². The number of imidazole rings is 1. The summed E-state index contributed by atoms with van der Waals surface area (Å²) in [4.78, 5) is 19.9. The van der Waals surface area contributed by atoms with Crippen LogP contribution in [0.5, 0.6) is 0 Å². The van der Waals surface area contributed by atoms with Crippen LogP contribution in [0.4, 0.5) is 20.5 Å². The Labute approximate surface area is 213 Å². The Hall–Kier alpha value is -3.50. The van der Waals surface area contributed by atoms with E-state index in [-0.39, 0.29) is 17.2 Å². The quantitative estimate of drug-likeness (QED) is 0.427. The zero-order valence-corrected chi connectivity index (χ0v) is 20.9. The Balaban J connectivity index is 1.13. The Kier molecular flexibility index (Phi) is 4.90. The van der Waals surface area contributed by atoms with Crippen LogP contribution in [0.3, 0.4) is 0 Å². The van der Waals surface area contributed by atoms with E-state index in [0.29, 0.717) is 27.8 Å². The second kappa shape index (κ2) is 8.00. The van der Waals surface area contributed by atoms with Crippen LogP contribution >= 0.6 is 0 Å². The number of benzene rings is 1. The molecule has 2 fully saturated rings. The van der Waals surface area contributed by atoms with Gasteiger partial charge in [-0.25, -0.2) is 28.7 Å². The highest BCUT2D eigenvalue weighted by atomic mass is 19.1. The average Bonchev–Trinajstić information content (AvgIpc) is 3.35. The fourth-order valence-corrected chi connectivity index (χ4v) is 6.00. The smallest absolute Gasteiger partial charge is 0.229 e. The van der Waals surface area contributed by atoms with Crippen molar-refractivity contribution in [2.24, 2.45) is 5.41 Å². The zero-order chi connectivity index (χ0) is 25.4. The summed E-state index contributed by atoms with van der Waals surface area (Å²) in [6.07, 6.45) is 4.65. The molecule has 1 aromatic carbocycles. The van der Waals surface area contributed by atoms with Crippen LogP contribution in [0.15, 0.2) is 36.7 Å². The molecule has 1 spiro atoms. The van der Waals surface area contributed by atoms with Crippen molar-refractivity contribution < 1.29 is 8.78 Å². The molecule has 8 nitrogen and oxygen atoms in total. The molecule has 0 radical (unpaired) electrons. The minimum absolute atomic E-state index is 0.0264. The lowest BCUT2D eigenvalue weighted by Crippen LogP contribution is -2.70. The minimum Gasteiger partial charge on any atom is -0.322 e. The predicted molar refractivity (Wildman–Crippen MR) is 136 cm³/mol. The predicted octanol–water partition coefficient (Wildman–Crippen LogP) is 4.00. The van der Waals surface area contributed by atoms with E-state index in [9.17, 15) is 4.39 Å². The monoisotopic (exact) mass is 502 g/mol. The van der Waals surface area contributed by atoms with Crippen LogP contribution < -0.4 is 10.6 Å². The average molecular weight is 503 g/mol. The standard InChI is InChI=1S/C27H28F2N8/c1-26(2)6-5-22-34-24-18(28)7-17(8-20(24)37(22)26)23-19(29)10-32-25(35-23)33-21-4-3-16(9-31-21)11-36-14-27(15-36)12-30-13-27/h3-4,7-10,30H,5-6,11-15H2,1-2H3,(H,31,32,33,35). The summed E-state index contributed by atoms with van der Waals surface area (Å²) < 4.78 is 32.0. The van der Waals surface area contributed by atoms with E-state index in [1.54, 1.807) is 6.07 Å². The first-order valence-electron chi connectivity index (χ1n) is 12.7. The Morgan fingerprint density at radius 2 is 1.86 bits per heavy atom. The molecule has 190 valence electrons. The van der Waals surface area contributed by atoms with Gasteiger partial charge in [0.25, 0.3) is 0 Å². The molecule has 0 unspecified atom stereocenters. The topological polar surface area (TPSA) is 83.8 Å². The van der Waals surface area contributed by atoms with Gasteiger partial charge < -0.3 is 15.2 Å². The fourth-order valence-electron chi connectivity index (χ4n) is 6.00. The summed E-state index contributed by atoms with van der Waals surface area (Å²) in [6, 6.07) is 6.95. The van der Waals surface area contributed by atoms with Crippen molar-refractivity contribution in [2.45, 2.75) is 38.8 Å². The molecule has 3 aliphatic rings. The van der Waals surface area contributed by atoms with Crippen molar-refractivity contribution in [3.63, 3.8) is 0 Å². The highest BCUT2D eigenvalue weighted by Crippen LogP contribution is 2.38. The molecule has 2 saturated heterocycles. The molecule has 0 saturated carbocycles. The first-order valence-corrected chi connectivity index (χ1v) is 12.7. The fraction of sp³-hybridized carbons (Fsp3) is 0.407. The molecule has 3 aromatic heterocycles. The van der Waals surface area contributed by atoms with Crippen LogP contribution in [0.1, 0.15) is 31.7 Å². The molecule has 4 aromatic rings. The van der Waals surface area contributed by atoms with Crippen molar-refractivity contribution in [3.8, 4) is 11.3 Å². The highest BCUT2D eigenvalue weighted by molar-refractivity contribution is 5.83. The van der Waals surface area contributed by atoms with Crippen molar-refractivity contribution in [1.82, 2.24) is 34.7 Å². The molecular weight excluding hydrogens is 474 g/mol. The van der Waals surface area contributed by atoms with Gasteiger partial charge in [0.05, 0.1) is 11.7 Å². The van der Waals surface area contributed by atoms with Crippen LogP contribution in [-0.2, 0) is 18.5 Å². The number of rotatable bonds is 5. The first kappa shape index (κ1) is 22.7. The Morgan fingerprint density at radius 3 is 2.59 bits per heavy atom. The largest absolute Gasteiger partial charge is 0.322 e. The molecule has 0 bridgehead atoms. The van der Waals surface area contributed by atoms with Gasteiger partial charge in [-0.05, 0) is 44.0 Å². The summed E-state index contributed by atoms with van der Waals surface area (Å²) >= 11 is 0. The van der Waals surface area contributed by atoms with Gasteiger partial charge in [-0.2, -0.15) is 0 Å². The zero-order valence-electron chi connectivity index (χ0n) is 20.9. The van der Waals surface area contributed by atoms with Gasteiger partial charge in [-0.3, -0.25) is 4.90 Å². The maximum absolute atomic E-state index is 15.1. The van der Waals surface area contributed by atoms with Crippen molar-refractivity contribution in [1.29, 1.82) is 0 Å². The van der Waals surface area contributed by atoms with E-state index in [2.05, 4.69) is 53.9 Å². The number of hydrogen-bond donors (Lipinski definition) is 2. The number of anilines is 2. The highest BCUT2D eigenvalue weighted by Gasteiger charge is 2.47. The maximum atomic E-state index is 15.1. The van der Waals surface area contributed by atoms with Gasteiger partial charge in [0.15, 0.2) is 11.6 Å². The molecule has 0 atom stereocenters. The number of likely N-dealkylation sites (tertiary alicyclic amines) is 1. The molecule has 10 heteroatoms. The second-order valence-corrected chi connectivity index (χ2v) is 11.3. The number of nitrogens with zero attached hydrogens (tertiary/aromatic N) is 6. The SMILES string of the molecule is CC1(C)CCc2nc3c(F)cc(-c4nc(Nc5ccc(CN6CC7(CNC7)C6)cn5)ncc4F)cc3n21. The molecular formula is C27H28F2N8. The first-order chi connectivity index (χ1) is 17.8. The second-order valence-electron chi connectivity index (χ2n) is 11.3. The van der Waals surface area contributed by atoms with E-state index in [1.165, 1.54) is 6.07 Å². The normalized spacial score (nSPS) is 19.6. The van der Waals surface area contributed by atoms with Crippen LogP contribution in [-0.4, -0.2) is 55.6 Å². The lowest BCUT2D eigenvalue weighted by Gasteiger charge is -2.56. The van der Waals surface area contributed by atoms with Crippen molar-refractivity contribution >= 4 is 22.8 Å². The molecule has 7 rings (SSSR count). The lowest BCUT2D eigenvalue weighted by atomic mass is 9.74. The van der Waals surface area contributed by atoms with Gasteiger partial charge in [-0.1, -0.05) is 6.07 Å². The summed E-state index contributed by atoms with van der Waals surface area (Å²) in [5.41, 5.74) is 2.77. The van der Waals surface area contributed by atoms with E-state index in [4.69, 9.17) is 0 Å². The van der Waals surface area contributed by atoms with Crippen molar-refractivity contribution in [3.05, 3.63) is 59.7 Å². The lowest BCUT2D eigenvalue weighted by molar-refractivity contribution is -0.0444. The van der Waals surface area contributed by atoms with E-state index in [0.717, 1.165) is 63.2 Å². The minimum atomic E-state index is -0.623. The third-order valence-electron chi connectivity index (χ3n) is 7.96. The van der Waals surface area contributed by atoms with Gasteiger partial charge in [0.1, 0.15) is 22.9 Å². The number of pyridine rings is 1. The number of hydrogen-bond acceptors (Lipinski definition) is 7. The number of nitrogens with one attached hydrogen (secondary N) is 2. The van der Waals surface area contributed by atoms with Gasteiger partial charge in [-0.15, -0.1) is 0 Å². The Morgan fingerprint density at radius 1 is 1.03 bits per heavy atom. The van der Waals surface area contributed by atoms with E-state index in [1.807, 2.05) is 18.3 Å². The third kappa shape index (κ3) is 3.77.